The van der Waals surface area contributed by atoms with Crippen LogP contribution in [0.4, 0.5) is 5.00 Å². The largest absolute Gasteiger partial charge is 0.465 e. The lowest BCUT2D eigenvalue weighted by atomic mass is 9.88. The smallest absolute Gasteiger partial charge is 0.341 e. The third-order valence-electron chi connectivity index (χ3n) is 5.46. The Labute approximate surface area is 169 Å². The van der Waals surface area contributed by atoms with Gasteiger partial charge in [0.05, 0.1) is 18.7 Å². The number of fused-ring (bicyclic) bond motifs is 2. The van der Waals surface area contributed by atoms with Crippen molar-refractivity contribution in [3.63, 3.8) is 0 Å². The molecule has 2 aliphatic carbocycles. The molecule has 2 aromatic rings. The van der Waals surface area contributed by atoms with Crippen LogP contribution in [0.15, 0.2) is 24.3 Å². The van der Waals surface area contributed by atoms with Gasteiger partial charge in [-0.2, -0.15) is 0 Å². The molecule has 0 saturated carbocycles. The van der Waals surface area contributed by atoms with Crippen molar-refractivity contribution in [2.24, 2.45) is 0 Å². The lowest BCUT2D eigenvalue weighted by Crippen LogP contribution is -2.34. The van der Waals surface area contributed by atoms with E-state index in [1.165, 1.54) is 29.5 Å². The monoisotopic (exact) mass is 400 g/mol. The zero-order valence-corrected chi connectivity index (χ0v) is 17.1. The third kappa shape index (κ3) is 3.73. The number of rotatable bonds is 3. The van der Waals surface area contributed by atoms with Gasteiger partial charge in [0.15, 0.2) is 5.11 Å². The van der Waals surface area contributed by atoms with Gasteiger partial charge in [-0.15, -0.1) is 11.3 Å². The van der Waals surface area contributed by atoms with Gasteiger partial charge < -0.3 is 15.4 Å². The van der Waals surface area contributed by atoms with Crippen LogP contribution < -0.4 is 10.6 Å². The Kier molecular flexibility index (Phi) is 5.45. The van der Waals surface area contributed by atoms with Gasteiger partial charge in [-0.05, 0) is 73.9 Å². The summed E-state index contributed by atoms with van der Waals surface area (Å²) in [6.45, 7) is 0. The summed E-state index contributed by atoms with van der Waals surface area (Å²) >= 11 is 7.24. The number of carbonyl (C=O) groups is 1. The number of hydrogen-bond donors (Lipinski definition) is 2. The van der Waals surface area contributed by atoms with Gasteiger partial charge in [0.2, 0.25) is 0 Å². The standard InChI is InChI=1S/C21H24N2O2S2/c1-25-20(24)18-15-10-4-5-12-17(15)27-19(18)23-21(26)22-16-11-6-8-13-7-2-3-9-14(13)16/h2-3,7,9,16H,4-6,8,10-12H2,1H3,(H2,22,23,26). The summed E-state index contributed by atoms with van der Waals surface area (Å²) in [4.78, 5) is 13.7. The molecular weight excluding hydrogens is 376 g/mol. The molecule has 0 amide bonds. The number of esters is 1. The molecule has 0 bridgehead atoms. The average Bonchev–Trinajstić information content (AvgIpc) is 3.05. The Morgan fingerprint density at radius 2 is 2.00 bits per heavy atom. The van der Waals surface area contributed by atoms with Crippen LogP contribution in [0.1, 0.15) is 63.7 Å². The van der Waals surface area contributed by atoms with Gasteiger partial charge >= 0.3 is 5.97 Å². The van der Waals surface area contributed by atoms with E-state index < -0.39 is 0 Å². The average molecular weight is 401 g/mol. The zero-order valence-electron chi connectivity index (χ0n) is 15.5. The van der Waals surface area contributed by atoms with Crippen molar-refractivity contribution in [3.8, 4) is 0 Å². The zero-order chi connectivity index (χ0) is 18.8. The molecule has 27 heavy (non-hydrogen) atoms. The molecule has 6 heteroatoms. The van der Waals surface area contributed by atoms with Crippen molar-refractivity contribution in [1.82, 2.24) is 5.32 Å². The number of hydrogen-bond acceptors (Lipinski definition) is 4. The van der Waals surface area contributed by atoms with E-state index in [0.29, 0.717) is 10.7 Å². The van der Waals surface area contributed by atoms with Crippen molar-refractivity contribution in [3.05, 3.63) is 51.4 Å². The first-order chi connectivity index (χ1) is 13.2. The summed E-state index contributed by atoms with van der Waals surface area (Å²) in [6, 6.07) is 8.76. The van der Waals surface area contributed by atoms with Gasteiger partial charge in [0, 0.05) is 4.88 Å². The van der Waals surface area contributed by atoms with Crippen molar-refractivity contribution < 1.29 is 9.53 Å². The van der Waals surface area contributed by atoms with E-state index in [1.54, 1.807) is 11.3 Å². The van der Waals surface area contributed by atoms with Crippen molar-refractivity contribution in [1.29, 1.82) is 0 Å². The molecule has 142 valence electrons. The SMILES string of the molecule is COC(=O)c1c(NC(=S)NC2CCCc3ccccc32)sc2c1CCCC2. The highest BCUT2D eigenvalue weighted by molar-refractivity contribution is 7.80. The first-order valence-electron chi connectivity index (χ1n) is 9.55. The fourth-order valence-electron chi connectivity index (χ4n) is 4.17. The summed E-state index contributed by atoms with van der Waals surface area (Å²) in [5.74, 6) is -0.275. The van der Waals surface area contributed by atoms with E-state index in [2.05, 4.69) is 34.9 Å². The maximum atomic E-state index is 12.4. The second-order valence-electron chi connectivity index (χ2n) is 7.15. The number of benzene rings is 1. The molecule has 0 fully saturated rings. The fourth-order valence-corrected chi connectivity index (χ4v) is 5.76. The summed E-state index contributed by atoms with van der Waals surface area (Å²) in [7, 11) is 1.44. The highest BCUT2D eigenvalue weighted by atomic mass is 32.1. The molecule has 4 nitrogen and oxygen atoms in total. The molecule has 0 aliphatic heterocycles. The molecule has 2 N–H and O–H groups in total. The molecule has 4 rings (SSSR count). The lowest BCUT2D eigenvalue weighted by Gasteiger charge is -2.27. The maximum absolute atomic E-state index is 12.4. The minimum atomic E-state index is -0.275. The van der Waals surface area contributed by atoms with E-state index in [0.717, 1.165) is 49.1 Å². The summed E-state index contributed by atoms with van der Waals surface area (Å²) in [5, 5.41) is 8.15. The van der Waals surface area contributed by atoms with E-state index in [1.807, 2.05) is 0 Å². The summed E-state index contributed by atoms with van der Waals surface area (Å²) < 4.78 is 5.04. The lowest BCUT2D eigenvalue weighted by molar-refractivity contribution is 0.0601. The minimum Gasteiger partial charge on any atom is -0.465 e. The molecule has 0 saturated heterocycles. The van der Waals surface area contributed by atoms with Gasteiger partial charge in [0.1, 0.15) is 5.00 Å². The van der Waals surface area contributed by atoms with Crippen LogP contribution in [0.25, 0.3) is 0 Å². The second-order valence-corrected chi connectivity index (χ2v) is 8.66. The van der Waals surface area contributed by atoms with Gasteiger partial charge in [-0.25, -0.2) is 4.79 Å². The van der Waals surface area contributed by atoms with Crippen molar-refractivity contribution in [2.75, 3.05) is 12.4 Å². The topological polar surface area (TPSA) is 50.4 Å². The minimum absolute atomic E-state index is 0.214. The molecule has 0 radical (unpaired) electrons. The summed E-state index contributed by atoms with van der Waals surface area (Å²) in [6.07, 6.45) is 7.60. The number of thiophene rings is 1. The molecule has 1 unspecified atom stereocenters. The molecule has 1 aromatic carbocycles. The van der Waals surface area contributed by atoms with E-state index >= 15 is 0 Å². The Bertz CT molecular complexity index is 875. The number of thiocarbonyl (C=S) groups is 1. The first kappa shape index (κ1) is 18.4. The quantitative estimate of drug-likeness (QED) is 0.574. The first-order valence-corrected chi connectivity index (χ1v) is 10.8. The number of anilines is 1. The predicted molar refractivity (Wildman–Crippen MR) is 114 cm³/mol. The molecule has 0 spiro atoms. The van der Waals surface area contributed by atoms with Crippen LogP contribution in [-0.4, -0.2) is 18.2 Å². The summed E-state index contributed by atoms with van der Waals surface area (Å²) in [5.41, 5.74) is 4.54. The second kappa shape index (κ2) is 7.98. The number of carbonyl (C=O) groups excluding carboxylic acids is 1. The molecule has 1 aromatic heterocycles. The molecular formula is C21H24N2O2S2. The maximum Gasteiger partial charge on any atom is 0.341 e. The third-order valence-corrected chi connectivity index (χ3v) is 6.89. The highest BCUT2D eigenvalue weighted by Gasteiger charge is 2.27. The van der Waals surface area contributed by atoms with Crippen LogP contribution >= 0.6 is 23.6 Å². The fraction of sp³-hybridized carbons (Fsp3) is 0.429. The predicted octanol–water partition coefficient (Wildman–Crippen LogP) is 4.78. The molecule has 2 aliphatic rings. The van der Waals surface area contributed by atoms with Crippen LogP contribution in [0, 0.1) is 0 Å². The Morgan fingerprint density at radius 1 is 1.19 bits per heavy atom. The van der Waals surface area contributed by atoms with Crippen molar-refractivity contribution in [2.45, 2.75) is 51.0 Å². The van der Waals surface area contributed by atoms with Crippen LogP contribution in [-0.2, 0) is 24.0 Å². The Hall–Kier alpha value is -1.92. The highest BCUT2D eigenvalue weighted by Crippen LogP contribution is 2.38. The van der Waals surface area contributed by atoms with Crippen LogP contribution in [0.2, 0.25) is 0 Å². The van der Waals surface area contributed by atoms with E-state index in [-0.39, 0.29) is 12.0 Å². The number of methoxy groups -OCH3 is 1. The van der Waals surface area contributed by atoms with Crippen LogP contribution in [0.3, 0.4) is 0 Å². The van der Waals surface area contributed by atoms with Crippen molar-refractivity contribution >= 4 is 39.6 Å². The van der Waals surface area contributed by atoms with Gasteiger partial charge in [-0.1, -0.05) is 24.3 Å². The molecule has 1 atom stereocenters. The number of ether oxygens (including phenoxy) is 1. The van der Waals surface area contributed by atoms with Crippen LogP contribution in [0.5, 0.6) is 0 Å². The normalized spacial score (nSPS) is 18.2. The number of nitrogens with one attached hydrogen (secondary N) is 2. The Morgan fingerprint density at radius 3 is 2.85 bits per heavy atom. The van der Waals surface area contributed by atoms with E-state index in [4.69, 9.17) is 17.0 Å². The van der Waals surface area contributed by atoms with Gasteiger partial charge in [0.25, 0.3) is 0 Å². The Balaban J connectivity index is 1.54. The number of aryl methyl sites for hydroxylation is 2. The van der Waals surface area contributed by atoms with Gasteiger partial charge in [-0.3, -0.25) is 0 Å². The van der Waals surface area contributed by atoms with E-state index in [9.17, 15) is 4.79 Å². The molecule has 1 heterocycles.